The Morgan fingerprint density at radius 1 is 1.37 bits per heavy atom. The van der Waals surface area contributed by atoms with Gasteiger partial charge in [-0.05, 0) is 18.6 Å². The van der Waals surface area contributed by atoms with Crippen molar-refractivity contribution in [2.45, 2.75) is 12.7 Å². The van der Waals surface area contributed by atoms with E-state index < -0.39 is 16.9 Å². The van der Waals surface area contributed by atoms with E-state index in [2.05, 4.69) is 15.3 Å². The smallest absolute Gasteiger partial charge is 0.227 e. The van der Waals surface area contributed by atoms with E-state index in [1.807, 2.05) is 6.92 Å². The van der Waals surface area contributed by atoms with Gasteiger partial charge in [0.1, 0.15) is 0 Å². The standard InChI is InChI=1S/C12H12FN3O2S/c1-8-5-14-12(15-6-8)16-10-4-2-3-9(11(10)13)7-19(17)18/h2-6H,7H2,1H3,(H,17,18)(H,14,15,16). The molecule has 100 valence electrons. The molecule has 0 aliphatic carbocycles. The van der Waals surface area contributed by atoms with Crippen molar-refractivity contribution in [1.82, 2.24) is 9.97 Å². The van der Waals surface area contributed by atoms with Crippen LogP contribution in [0.25, 0.3) is 0 Å². The Hall–Kier alpha value is -1.86. The van der Waals surface area contributed by atoms with Gasteiger partial charge in [0.2, 0.25) is 5.95 Å². The van der Waals surface area contributed by atoms with Crippen molar-refractivity contribution >= 4 is 22.7 Å². The Kier molecular flexibility index (Phi) is 4.18. The van der Waals surface area contributed by atoms with Gasteiger partial charge in [-0.15, -0.1) is 0 Å². The van der Waals surface area contributed by atoms with Crippen molar-refractivity contribution < 1.29 is 13.2 Å². The molecule has 0 saturated carbocycles. The maximum Gasteiger partial charge on any atom is 0.227 e. The molecule has 0 spiro atoms. The average Bonchev–Trinajstić information content (AvgIpc) is 2.36. The summed E-state index contributed by atoms with van der Waals surface area (Å²) in [5, 5.41) is 2.74. The van der Waals surface area contributed by atoms with Crippen molar-refractivity contribution in [1.29, 1.82) is 0 Å². The van der Waals surface area contributed by atoms with Gasteiger partial charge in [0.05, 0.1) is 11.4 Å². The summed E-state index contributed by atoms with van der Waals surface area (Å²) >= 11 is -2.08. The van der Waals surface area contributed by atoms with Crippen molar-refractivity contribution in [2.24, 2.45) is 0 Å². The number of halogens is 1. The zero-order valence-electron chi connectivity index (χ0n) is 10.1. The first kappa shape index (κ1) is 13.6. The van der Waals surface area contributed by atoms with Gasteiger partial charge >= 0.3 is 0 Å². The van der Waals surface area contributed by atoms with Crippen LogP contribution in [0.4, 0.5) is 16.0 Å². The van der Waals surface area contributed by atoms with E-state index >= 15 is 0 Å². The molecule has 0 aliphatic rings. The van der Waals surface area contributed by atoms with E-state index in [0.717, 1.165) is 5.56 Å². The molecule has 1 aromatic carbocycles. The van der Waals surface area contributed by atoms with Gasteiger partial charge in [-0.2, -0.15) is 0 Å². The Morgan fingerprint density at radius 2 is 2.05 bits per heavy atom. The van der Waals surface area contributed by atoms with Crippen LogP contribution < -0.4 is 5.32 Å². The predicted octanol–water partition coefficient (Wildman–Crippen LogP) is 2.39. The topological polar surface area (TPSA) is 75.1 Å². The molecule has 1 aromatic heterocycles. The van der Waals surface area contributed by atoms with Crippen LogP contribution in [-0.4, -0.2) is 18.7 Å². The third kappa shape index (κ3) is 3.55. The first-order chi connectivity index (χ1) is 9.06. The molecular formula is C12H12FN3O2S. The zero-order chi connectivity index (χ0) is 13.8. The maximum absolute atomic E-state index is 14.0. The molecule has 7 heteroatoms. The van der Waals surface area contributed by atoms with E-state index in [-0.39, 0.29) is 23.0 Å². The number of benzene rings is 1. The van der Waals surface area contributed by atoms with Crippen molar-refractivity contribution in [2.75, 3.05) is 5.32 Å². The van der Waals surface area contributed by atoms with E-state index in [1.165, 1.54) is 12.1 Å². The highest BCUT2D eigenvalue weighted by Crippen LogP contribution is 2.21. The lowest BCUT2D eigenvalue weighted by atomic mass is 10.2. The SMILES string of the molecule is Cc1cnc(Nc2cccc(CS(=O)O)c2F)nc1. The molecule has 0 amide bonds. The molecule has 2 rings (SSSR count). The molecule has 1 heterocycles. The fourth-order valence-electron chi connectivity index (χ4n) is 1.50. The molecular weight excluding hydrogens is 269 g/mol. The van der Waals surface area contributed by atoms with E-state index in [0.29, 0.717) is 0 Å². The van der Waals surface area contributed by atoms with Crippen LogP contribution >= 0.6 is 0 Å². The van der Waals surface area contributed by atoms with E-state index in [9.17, 15) is 8.60 Å². The summed E-state index contributed by atoms with van der Waals surface area (Å²) in [6.45, 7) is 1.85. The van der Waals surface area contributed by atoms with Crippen molar-refractivity contribution in [3.63, 3.8) is 0 Å². The Bertz CT molecular complexity index is 604. The van der Waals surface area contributed by atoms with Gasteiger partial charge in [-0.25, -0.2) is 18.6 Å². The van der Waals surface area contributed by atoms with Crippen LogP contribution in [0.15, 0.2) is 30.6 Å². The number of hydrogen-bond acceptors (Lipinski definition) is 4. The highest BCUT2D eigenvalue weighted by atomic mass is 32.2. The van der Waals surface area contributed by atoms with Crippen LogP contribution in [0.3, 0.4) is 0 Å². The second kappa shape index (κ2) is 5.85. The van der Waals surface area contributed by atoms with Crippen molar-refractivity contribution in [3.05, 3.63) is 47.5 Å². The summed E-state index contributed by atoms with van der Waals surface area (Å²) < 4.78 is 33.6. The second-order valence-corrected chi connectivity index (χ2v) is 4.89. The quantitative estimate of drug-likeness (QED) is 0.842. The maximum atomic E-state index is 14.0. The lowest BCUT2D eigenvalue weighted by molar-refractivity contribution is 0.559. The third-order valence-electron chi connectivity index (χ3n) is 2.39. The molecule has 19 heavy (non-hydrogen) atoms. The van der Waals surface area contributed by atoms with Crippen LogP contribution in [0, 0.1) is 12.7 Å². The summed E-state index contributed by atoms with van der Waals surface area (Å²) in [6.07, 6.45) is 3.22. The highest BCUT2D eigenvalue weighted by molar-refractivity contribution is 7.78. The molecule has 5 nitrogen and oxygen atoms in total. The number of nitrogens with zero attached hydrogens (tertiary/aromatic N) is 2. The number of nitrogens with one attached hydrogen (secondary N) is 1. The monoisotopic (exact) mass is 281 g/mol. The summed E-state index contributed by atoms with van der Waals surface area (Å²) in [6, 6.07) is 4.58. The molecule has 0 saturated heterocycles. The number of hydrogen-bond donors (Lipinski definition) is 2. The molecule has 1 unspecified atom stereocenters. The minimum atomic E-state index is -2.08. The highest BCUT2D eigenvalue weighted by Gasteiger charge is 2.10. The van der Waals surface area contributed by atoms with Crippen molar-refractivity contribution in [3.8, 4) is 0 Å². The van der Waals surface area contributed by atoms with Crippen LogP contribution in [-0.2, 0) is 16.8 Å². The normalized spacial score (nSPS) is 12.2. The largest absolute Gasteiger partial charge is 0.322 e. The van der Waals surface area contributed by atoms with Gasteiger partial charge < -0.3 is 9.87 Å². The van der Waals surface area contributed by atoms with Gasteiger partial charge in [-0.3, -0.25) is 0 Å². The minimum Gasteiger partial charge on any atom is -0.322 e. The number of aryl methyl sites for hydroxylation is 1. The number of aromatic nitrogens is 2. The molecule has 0 radical (unpaired) electrons. The summed E-state index contributed by atoms with van der Waals surface area (Å²) in [4.78, 5) is 8.01. The van der Waals surface area contributed by atoms with Gasteiger partial charge in [0, 0.05) is 18.0 Å². The Balaban J connectivity index is 2.25. The summed E-state index contributed by atoms with van der Waals surface area (Å²) in [5.41, 5.74) is 1.24. The van der Waals surface area contributed by atoms with Gasteiger partial charge in [0.15, 0.2) is 16.9 Å². The lowest BCUT2D eigenvalue weighted by Crippen LogP contribution is -2.03. The Labute approximate surface area is 112 Å². The zero-order valence-corrected chi connectivity index (χ0v) is 10.9. The van der Waals surface area contributed by atoms with Crippen LogP contribution in [0.2, 0.25) is 0 Å². The second-order valence-electron chi connectivity index (χ2n) is 3.95. The van der Waals surface area contributed by atoms with Crippen LogP contribution in [0.5, 0.6) is 0 Å². The van der Waals surface area contributed by atoms with Gasteiger partial charge in [-0.1, -0.05) is 12.1 Å². The summed E-state index contributed by atoms with van der Waals surface area (Å²) in [7, 11) is 0. The fourth-order valence-corrected chi connectivity index (χ4v) is 1.99. The number of rotatable bonds is 4. The summed E-state index contributed by atoms with van der Waals surface area (Å²) in [5.74, 6) is -0.559. The number of anilines is 2. The van der Waals surface area contributed by atoms with E-state index in [1.54, 1.807) is 18.5 Å². The first-order valence-corrected chi connectivity index (χ1v) is 6.74. The fraction of sp³-hybridized carbons (Fsp3) is 0.167. The Morgan fingerprint density at radius 3 is 2.68 bits per heavy atom. The molecule has 0 aliphatic heterocycles. The lowest BCUT2D eigenvalue weighted by Gasteiger charge is -2.08. The predicted molar refractivity (Wildman–Crippen MR) is 70.9 cm³/mol. The molecule has 2 aromatic rings. The van der Waals surface area contributed by atoms with Crippen LogP contribution in [0.1, 0.15) is 11.1 Å². The molecule has 0 fully saturated rings. The third-order valence-corrected chi connectivity index (χ3v) is 2.94. The average molecular weight is 281 g/mol. The van der Waals surface area contributed by atoms with Gasteiger partial charge in [0.25, 0.3) is 0 Å². The van der Waals surface area contributed by atoms with E-state index in [4.69, 9.17) is 4.55 Å². The molecule has 2 N–H and O–H groups in total. The molecule has 0 bridgehead atoms. The first-order valence-electron chi connectivity index (χ1n) is 5.47. The minimum absolute atomic E-state index is 0.165. The molecule has 1 atom stereocenters.